The maximum Gasteiger partial charge on any atom is 0.254 e. The van der Waals surface area contributed by atoms with Gasteiger partial charge in [0.15, 0.2) is 0 Å². The van der Waals surface area contributed by atoms with Crippen molar-refractivity contribution in [1.82, 2.24) is 9.62 Å². The molecule has 1 fully saturated rings. The molecule has 0 aliphatic heterocycles. The molecule has 2 aliphatic rings. The molecule has 2 aromatic carbocycles. The Balaban J connectivity index is 1.56. The SMILES string of the molecule is COCCNS(=O)(=O)c1ccc(C(=O)N(C2CC2)C2CCCc3ccccc32)cc1. The van der Waals surface area contributed by atoms with Crippen molar-refractivity contribution in [3.63, 3.8) is 0 Å². The summed E-state index contributed by atoms with van der Waals surface area (Å²) >= 11 is 0. The molecular formula is C23H28N2O4S. The second-order valence-electron chi connectivity index (χ2n) is 7.97. The predicted molar refractivity (Wildman–Crippen MR) is 115 cm³/mol. The van der Waals surface area contributed by atoms with E-state index >= 15 is 0 Å². The van der Waals surface area contributed by atoms with Gasteiger partial charge in [0, 0.05) is 25.3 Å². The van der Waals surface area contributed by atoms with Gasteiger partial charge in [0.1, 0.15) is 0 Å². The molecule has 0 aromatic heterocycles. The highest BCUT2D eigenvalue weighted by Gasteiger charge is 2.39. The number of hydrogen-bond donors (Lipinski definition) is 1. The van der Waals surface area contributed by atoms with Crippen LogP contribution in [-0.2, 0) is 21.2 Å². The number of benzene rings is 2. The Morgan fingerprint density at radius 2 is 1.83 bits per heavy atom. The van der Waals surface area contributed by atoms with Gasteiger partial charge in [-0.1, -0.05) is 24.3 Å². The minimum atomic E-state index is -3.61. The summed E-state index contributed by atoms with van der Waals surface area (Å²) in [6.45, 7) is 0.505. The minimum Gasteiger partial charge on any atom is -0.383 e. The van der Waals surface area contributed by atoms with Gasteiger partial charge in [-0.05, 0) is 67.5 Å². The fraction of sp³-hybridized carbons (Fsp3) is 0.435. The van der Waals surface area contributed by atoms with E-state index in [2.05, 4.69) is 22.9 Å². The largest absolute Gasteiger partial charge is 0.383 e. The number of nitrogens with zero attached hydrogens (tertiary/aromatic N) is 1. The van der Waals surface area contributed by atoms with E-state index in [0.29, 0.717) is 12.2 Å². The molecule has 6 nitrogen and oxygen atoms in total. The lowest BCUT2D eigenvalue weighted by Crippen LogP contribution is -2.38. The van der Waals surface area contributed by atoms with E-state index in [1.54, 1.807) is 12.1 Å². The number of hydrogen-bond acceptors (Lipinski definition) is 4. The summed E-state index contributed by atoms with van der Waals surface area (Å²) in [5.41, 5.74) is 3.11. The van der Waals surface area contributed by atoms with Gasteiger partial charge in [-0.2, -0.15) is 0 Å². The average molecular weight is 429 g/mol. The van der Waals surface area contributed by atoms with Crippen LogP contribution in [0.4, 0.5) is 0 Å². The standard InChI is InChI=1S/C23H28N2O4S/c1-29-16-15-24-30(27,28)20-13-9-18(10-14-20)23(26)25(19-11-12-19)22-8-4-6-17-5-2-3-7-21(17)22/h2-3,5,7,9-10,13-14,19,22,24H,4,6,8,11-12,15-16H2,1H3. The first kappa shape index (κ1) is 21.0. The van der Waals surface area contributed by atoms with E-state index < -0.39 is 10.0 Å². The molecule has 1 N–H and O–H groups in total. The quantitative estimate of drug-likeness (QED) is 0.655. The van der Waals surface area contributed by atoms with E-state index in [4.69, 9.17) is 4.74 Å². The van der Waals surface area contributed by atoms with Gasteiger partial charge < -0.3 is 9.64 Å². The lowest BCUT2D eigenvalue weighted by molar-refractivity contribution is 0.0638. The summed E-state index contributed by atoms with van der Waals surface area (Å²) in [5, 5.41) is 0. The predicted octanol–water partition coefficient (Wildman–Crippen LogP) is 3.29. The highest BCUT2D eigenvalue weighted by atomic mass is 32.2. The van der Waals surface area contributed by atoms with Crippen molar-refractivity contribution in [3.05, 3.63) is 65.2 Å². The van der Waals surface area contributed by atoms with E-state index in [0.717, 1.165) is 32.1 Å². The number of aryl methyl sites for hydroxylation is 1. The number of carbonyl (C=O) groups is 1. The Morgan fingerprint density at radius 3 is 2.53 bits per heavy atom. The monoisotopic (exact) mass is 428 g/mol. The van der Waals surface area contributed by atoms with E-state index in [-0.39, 0.29) is 29.4 Å². The van der Waals surface area contributed by atoms with Crippen LogP contribution in [0.25, 0.3) is 0 Å². The van der Waals surface area contributed by atoms with Crippen LogP contribution in [-0.4, -0.2) is 45.5 Å². The molecular weight excluding hydrogens is 400 g/mol. The van der Waals surface area contributed by atoms with Crippen LogP contribution in [0.5, 0.6) is 0 Å². The molecule has 0 saturated heterocycles. The van der Waals surface area contributed by atoms with Crippen LogP contribution in [0.3, 0.4) is 0 Å². The Labute approximate surface area is 178 Å². The molecule has 30 heavy (non-hydrogen) atoms. The zero-order valence-corrected chi connectivity index (χ0v) is 18.0. The van der Waals surface area contributed by atoms with Crippen molar-refractivity contribution in [3.8, 4) is 0 Å². The molecule has 1 amide bonds. The lowest BCUT2D eigenvalue weighted by atomic mass is 9.86. The highest BCUT2D eigenvalue weighted by Crippen LogP contribution is 2.41. The Bertz CT molecular complexity index is 1000. The Morgan fingerprint density at radius 1 is 1.10 bits per heavy atom. The van der Waals surface area contributed by atoms with Crippen molar-refractivity contribution in [2.24, 2.45) is 0 Å². The van der Waals surface area contributed by atoms with Gasteiger partial charge in [0.05, 0.1) is 17.5 Å². The normalized spacial score (nSPS) is 18.6. The number of nitrogens with one attached hydrogen (secondary N) is 1. The van der Waals surface area contributed by atoms with Crippen molar-refractivity contribution in [2.75, 3.05) is 20.3 Å². The number of fused-ring (bicyclic) bond motifs is 1. The summed E-state index contributed by atoms with van der Waals surface area (Å²) in [5.74, 6) is -0.0181. The third-order valence-corrected chi connectivity index (χ3v) is 7.34. The van der Waals surface area contributed by atoms with Crippen molar-refractivity contribution in [1.29, 1.82) is 0 Å². The molecule has 2 aliphatic carbocycles. The maximum atomic E-state index is 13.5. The highest BCUT2D eigenvalue weighted by molar-refractivity contribution is 7.89. The average Bonchev–Trinajstić information content (AvgIpc) is 3.59. The van der Waals surface area contributed by atoms with Gasteiger partial charge in [-0.15, -0.1) is 0 Å². The summed E-state index contributed by atoms with van der Waals surface area (Å²) in [4.78, 5) is 15.6. The molecule has 0 heterocycles. The topological polar surface area (TPSA) is 75.7 Å². The fourth-order valence-corrected chi connectivity index (χ4v) is 5.23. The van der Waals surface area contributed by atoms with Crippen LogP contribution >= 0.6 is 0 Å². The zero-order valence-electron chi connectivity index (χ0n) is 17.2. The maximum absolute atomic E-state index is 13.5. The van der Waals surface area contributed by atoms with Gasteiger partial charge >= 0.3 is 0 Å². The van der Waals surface area contributed by atoms with Crippen LogP contribution in [0, 0.1) is 0 Å². The van der Waals surface area contributed by atoms with Crippen molar-refractivity contribution in [2.45, 2.75) is 49.1 Å². The van der Waals surface area contributed by atoms with Crippen molar-refractivity contribution >= 4 is 15.9 Å². The summed E-state index contributed by atoms with van der Waals surface area (Å²) < 4.78 is 32.1. The van der Waals surface area contributed by atoms with E-state index in [1.807, 2.05) is 11.0 Å². The number of methoxy groups -OCH3 is 1. The molecule has 1 unspecified atom stereocenters. The van der Waals surface area contributed by atoms with Gasteiger partial charge in [0.2, 0.25) is 10.0 Å². The third kappa shape index (κ3) is 4.43. The minimum absolute atomic E-state index is 0.0181. The summed E-state index contributed by atoms with van der Waals surface area (Å²) in [6, 6.07) is 15.0. The summed E-state index contributed by atoms with van der Waals surface area (Å²) in [7, 11) is -2.10. The van der Waals surface area contributed by atoms with Crippen LogP contribution in [0.2, 0.25) is 0 Å². The first-order valence-electron chi connectivity index (χ1n) is 10.5. The molecule has 0 radical (unpaired) electrons. The number of amides is 1. The number of ether oxygens (including phenoxy) is 1. The smallest absolute Gasteiger partial charge is 0.254 e. The second-order valence-corrected chi connectivity index (χ2v) is 9.73. The Hall–Kier alpha value is -2.22. The number of sulfonamides is 1. The van der Waals surface area contributed by atoms with Crippen molar-refractivity contribution < 1.29 is 17.9 Å². The number of carbonyl (C=O) groups excluding carboxylic acids is 1. The first-order valence-corrected chi connectivity index (χ1v) is 12.0. The van der Waals surface area contributed by atoms with Crippen LogP contribution < -0.4 is 4.72 Å². The van der Waals surface area contributed by atoms with Crippen LogP contribution in [0.1, 0.15) is 53.2 Å². The molecule has 0 bridgehead atoms. The molecule has 1 saturated carbocycles. The van der Waals surface area contributed by atoms with E-state index in [1.165, 1.54) is 30.4 Å². The molecule has 7 heteroatoms. The summed E-state index contributed by atoms with van der Waals surface area (Å²) in [6.07, 6.45) is 5.15. The molecule has 0 spiro atoms. The molecule has 160 valence electrons. The molecule has 1 atom stereocenters. The lowest BCUT2D eigenvalue weighted by Gasteiger charge is -2.36. The third-order valence-electron chi connectivity index (χ3n) is 5.86. The van der Waals surface area contributed by atoms with Crippen LogP contribution in [0.15, 0.2) is 53.4 Å². The first-order chi connectivity index (χ1) is 14.5. The second kappa shape index (κ2) is 8.88. The number of rotatable bonds is 8. The van der Waals surface area contributed by atoms with Gasteiger partial charge in [-0.25, -0.2) is 13.1 Å². The fourth-order valence-electron chi connectivity index (χ4n) is 4.22. The zero-order chi connectivity index (χ0) is 21.1. The molecule has 2 aromatic rings. The van der Waals surface area contributed by atoms with Gasteiger partial charge in [0.25, 0.3) is 5.91 Å². The van der Waals surface area contributed by atoms with E-state index in [9.17, 15) is 13.2 Å². The Kier molecular flexibility index (Phi) is 6.22. The van der Waals surface area contributed by atoms with Gasteiger partial charge in [-0.3, -0.25) is 4.79 Å². The molecule has 4 rings (SSSR count).